The first-order valence-electron chi connectivity index (χ1n) is 13.9. The zero-order chi connectivity index (χ0) is 30.4. The van der Waals surface area contributed by atoms with Crippen molar-refractivity contribution in [3.05, 3.63) is 118 Å². The lowest BCUT2D eigenvalue weighted by molar-refractivity contribution is -0.139. The number of ether oxygens (including phenoxy) is 2. The van der Waals surface area contributed by atoms with E-state index in [4.69, 9.17) is 14.5 Å². The lowest BCUT2D eigenvalue weighted by Gasteiger charge is -2.25. The van der Waals surface area contributed by atoms with E-state index in [0.717, 1.165) is 44.4 Å². The number of rotatable bonds is 6. The van der Waals surface area contributed by atoms with Crippen LogP contribution in [0.15, 0.2) is 86.2 Å². The second kappa shape index (κ2) is 11.5. The molecule has 6 rings (SSSR count). The molecule has 0 aliphatic carbocycles. The van der Waals surface area contributed by atoms with E-state index < -0.39 is 12.0 Å². The van der Waals surface area contributed by atoms with Crippen molar-refractivity contribution in [3.63, 3.8) is 0 Å². The highest BCUT2D eigenvalue weighted by Crippen LogP contribution is 2.36. The molecule has 218 valence electrons. The highest BCUT2D eigenvalue weighted by molar-refractivity contribution is 9.10. The summed E-state index contributed by atoms with van der Waals surface area (Å²) in [5, 5.41) is 1.04. The van der Waals surface area contributed by atoms with Crippen LogP contribution in [0.4, 0.5) is 0 Å². The van der Waals surface area contributed by atoms with Crippen molar-refractivity contribution in [3.8, 4) is 17.0 Å². The van der Waals surface area contributed by atoms with Crippen LogP contribution in [0.5, 0.6) is 5.75 Å². The molecule has 1 aliphatic heterocycles. The van der Waals surface area contributed by atoms with Gasteiger partial charge in [0.2, 0.25) is 0 Å². The largest absolute Gasteiger partial charge is 0.496 e. The van der Waals surface area contributed by atoms with E-state index in [1.165, 1.54) is 11.3 Å². The summed E-state index contributed by atoms with van der Waals surface area (Å²) in [6, 6.07) is 19.2. The molecular weight excluding hydrogens is 626 g/mol. The van der Waals surface area contributed by atoms with Gasteiger partial charge in [-0.3, -0.25) is 9.36 Å². The average Bonchev–Trinajstić information content (AvgIpc) is 3.50. The Labute approximate surface area is 261 Å². The SMILES string of the molecule is CCOC(=O)C1=C(C)N=c2s/c(=C/c3c(-c4ccccc4)[nH]c4c(C)cc(C)cc34)c(=O)n2[C@@H]1c1ccc(OC)c(Br)c1. The quantitative estimate of drug-likeness (QED) is 0.217. The van der Waals surface area contributed by atoms with Crippen LogP contribution in [0.3, 0.4) is 0 Å². The lowest BCUT2D eigenvalue weighted by atomic mass is 9.96. The summed E-state index contributed by atoms with van der Waals surface area (Å²) in [5.41, 5.74) is 7.56. The highest BCUT2D eigenvalue weighted by Gasteiger charge is 2.33. The Morgan fingerprint density at radius 3 is 2.58 bits per heavy atom. The predicted molar refractivity (Wildman–Crippen MR) is 174 cm³/mol. The molecule has 1 atom stereocenters. The van der Waals surface area contributed by atoms with Crippen molar-refractivity contribution >= 4 is 50.2 Å². The van der Waals surface area contributed by atoms with Gasteiger partial charge in [-0.15, -0.1) is 0 Å². The molecule has 2 aromatic heterocycles. The third-order valence-corrected chi connectivity index (χ3v) is 9.24. The summed E-state index contributed by atoms with van der Waals surface area (Å²) in [5.74, 6) is 0.150. The number of nitrogens with one attached hydrogen (secondary N) is 1. The molecule has 5 aromatic rings. The molecule has 1 aliphatic rings. The summed E-state index contributed by atoms with van der Waals surface area (Å²) < 4.78 is 13.7. The van der Waals surface area contributed by atoms with E-state index in [1.54, 1.807) is 25.5 Å². The number of benzene rings is 3. The number of hydrogen-bond acceptors (Lipinski definition) is 6. The zero-order valence-electron chi connectivity index (χ0n) is 24.4. The summed E-state index contributed by atoms with van der Waals surface area (Å²) in [7, 11) is 1.59. The van der Waals surface area contributed by atoms with Crippen LogP contribution < -0.4 is 19.6 Å². The van der Waals surface area contributed by atoms with Gasteiger partial charge in [0.1, 0.15) is 5.75 Å². The minimum atomic E-state index is -0.722. The minimum absolute atomic E-state index is 0.209. The van der Waals surface area contributed by atoms with Crippen molar-refractivity contribution in [2.24, 2.45) is 4.99 Å². The molecule has 43 heavy (non-hydrogen) atoms. The number of halogens is 1. The number of methoxy groups -OCH3 is 1. The van der Waals surface area contributed by atoms with Gasteiger partial charge in [-0.05, 0) is 84.6 Å². The summed E-state index contributed by atoms with van der Waals surface area (Å²) in [4.78, 5) is 36.5. The van der Waals surface area contributed by atoms with Gasteiger partial charge < -0.3 is 14.5 Å². The van der Waals surface area contributed by atoms with Crippen LogP contribution in [-0.4, -0.2) is 29.2 Å². The number of carbonyl (C=O) groups is 1. The van der Waals surface area contributed by atoms with Crippen molar-refractivity contribution in [1.82, 2.24) is 9.55 Å². The van der Waals surface area contributed by atoms with Crippen LogP contribution >= 0.6 is 27.3 Å². The first-order valence-corrected chi connectivity index (χ1v) is 15.5. The fourth-order valence-corrected chi connectivity index (χ4v) is 7.33. The topological polar surface area (TPSA) is 85.7 Å². The number of thiazole rings is 1. The number of hydrogen-bond donors (Lipinski definition) is 1. The number of allylic oxidation sites excluding steroid dienone is 1. The highest BCUT2D eigenvalue weighted by atomic mass is 79.9. The van der Waals surface area contributed by atoms with Gasteiger partial charge in [-0.25, -0.2) is 9.79 Å². The van der Waals surface area contributed by atoms with Gasteiger partial charge in [0.25, 0.3) is 5.56 Å². The molecule has 1 N–H and O–H groups in total. The predicted octanol–water partition coefficient (Wildman–Crippen LogP) is 6.33. The molecule has 3 heterocycles. The van der Waals surface area contributed by atoms with Crippen molar-refractivity contribution < 1.29 is 14.3 Å². The molecular formula is C34H30BrN3O4S. The Balaban J connectivity index is 1.63. The van der Waals surface area contributed by atoms with Crippen LogP contribution in [0.2, 0.25) is 0 Å². The van der Waals surface area contributed by atoms with Crippen LogP contribution in [0.1, 0.15) is 42.1 Å². The Morgan fingerprint density at radius 1 is 1.12 bits per heavy atom. The number of esters is 1. The van der Waals surface area contributed by atoms with E-state index in [2.05, 4.69) is 59.0 Å². The molecule has 7 nitrogen and oxygen atoms in total. The van der Waals surface area contributed by atoms with Gasteiger partial charge in [0, 0.05) is 16.5 Å². The van der Waals surface area contributed by atoms with Crippen LogP contribution in [0.25, 0.3) is 28.2 Å². The standard InChI is InChI=1S/C34H30BrN3O4S/c1-6-42-33(40)28-20(4)36-34-38(31(28)22-12-13-26(41-5)25(35)16-22)32(39)27(43-34)17-24-23-15-18(2)14-19(3)29(23)37-30(24)21-10-8-7-9-11-21/h7-17,31,37H,6H2,1-5H3/b27-17+/t31-/m1/s1. The maximum absolute atomic E-state index is 14.3. The maximum Gasteiger partial charge on any atom is 0.338 e. The Morgan fingerprint density at radius 2 is 1.88 bits per heavy atom. The van der Waals surface area contributed by atoms with Crippen LogP contribution in [-0.2, 0) is 9.53 Å². The monoisotopic (exact) mass is 655 g/mol. The second-order valence-corrected chi connectivity index (χ2v) is 12.3. The van der Waals surface area contributed by atoms with Crippen LogP contribution in [0, 0.1) is 13.8 Å². The molecule has 0 unspecified atom stereocenters. The first-order chi connectivity index (χ1) is 20.7. The fraction of sp³-hybridized carbons (Fsp3) is 0.206. The number of aryl methyl sites for hydroxylation is 2. The number of carbonyl (C=O) groups excluding carboxylic acids is 1. The Hall–Kier alpha value is -4.21. The summed E-state index contributed by atoms with van der Waals surface area (Å²) >= 11 is 4.88. The number of aromatic nitrogens is 2. The van der Waals surface area contributed by atoms with E-state index >= 15 is 0 Å². The third-order valence-electron chi connectivity index (χ3n) is 7.64. The van der Waals surface area contributed by atoms with Gasteiger partial charge in [-0.1, -0.05) is 59.4 Å². The van der Waals surface area contributed by atoms with Gasteiger partial charge in [-0.2, -0.15) is 0 Å². The molecule has 3 aromatic carbocycles. The lowest BCUT2D eigenvalue weighted by Crippen LogP contribution is -2.40. The van der Waals surface area contributed by atoms with E-state index in [9.17, 15) is 9.59 Å². The second-order valence-electron chi connectivity index (χ2n) is 10.5. The molecule has 0 radical (unpaired) electrons. The smallest absolute Gasteiger partial charge is 0.338 e. The third kappa shape index (κ3) is 5.06. The Bertz CT molecular complexity index is 2120. The first kappa shape index (κ1) is 28.9. The normalized spacial score (nSPS) is 15.0. The number of fused-ring (bicyclic) bond motifs is 2. The van der Waals surface area contributed by atoms with Crippen molar-refractivity contribution in [2.45, 2.75) is 33.7 Å². The maximum atomic E-state index is 14.3. The summed E-state index contributed by atoms with van der Waals surface area (Å²) in [6.07, 6.45) is 1.95. The van der Waals surface area contributed by atoms with Gasteiger partial charge in [0.15, 0.2) is 4.80 Å². The fourth-order valence-electron chi connectivity index (χ4n) is 5.75. The molecule has 0 saturated carbocycles. The minimum Gasteiger partial charge on any atom is -0.496 e. The average molecular weight is 657 g/mol. The molecule has 9 heteroatoms. The van der Waals surface area contributed by atoms with E-state index in [-0.39, 0.29) is 12.2 Å². The number of H-pyrrole nitrogens is 1. The molecule has 0 saturated heterocycles. The number of aromatic amines is 1. The zero-order valence-corrected chi connectivity index (χ0v) is 26.9. The summed E-state index contributed by atoms with van der Waals surface area (Å²) in [6.45, 7) is 7.92. The molecule has 0 amide bonds. The van der Waals surface area contributed by atoms with E-state index in [0.29, 0.717) is 30.8 Å². The molecule has 0 spiro atoms. The van der Waals surface area contributed by atoms with Gasteiger partial charge in [0.05, 0.1) is 45.7 Å². The van der Waals surface area contributed by atoms with Crippen molar-refractivity contribution in [1.29, 1.82) is 0 Å². The molecule has 0 fully saturated rings. The molecule has 0 bridgehead atoms. The Kier molecular flexibility index (Phi) is 7.70. The van der Waals surface area contributed by atoms with E-state index in [1.807, 2.05) is 42.5 Å². The van der Waals surface area contributed by atoms with Crippen molar-refractivity contribution in [2.75, 3.05) is 13.7 Å². The van der Waals surface area contributed by atoms with Gasteiger partial charge >= 0.3 is 5.97 Å². The number of nitrogens with zero attached hydrogens (tertiary/aromatic N) is 2.